The van der Waals surface area contributed by atoms with Gasteiger partial charge in [0, 0.05) is 30.9 Å². The van der Waals surface area contributed by atoms with Crippen LogP contribution >= 0.6 is 0 Å². The summed E-state index contributed by atoms with van der Waals surface area (Å²) in [4.78, 5) is 19.2. The fraction of sp³-hybridized carbons (Fsp3) is 0.348. The van der Waals surface area contributed by atoms with E-state index in [4.69, 9.17) is 4.42 Å². The van der Waals surface area contributed by atoms with Gasteiger partial charge < -0.3 is 14.2 Å². The number of benzene rings is 2. The van der Waals surface area contributed by atoms with Gasteiger partial charge in [-0.25, -0.2) is 4.79 Å². The summed E-state index contributed by atoms with van der Waals surface area (Å²) < 4.78 is 42.9. The van der Waals surface area contributed by atoms with Crippen LogP contribution in [0.2, 0.25) is 0 Å². The van der Waals surface area contributed by atoms with Crippen LogP contribution in [0.5, 0.6) is 0 Å². The molecule has 3 aromatic rings. The van der Waals surface area contributed by atoms with Gasteiger partial charge in [0.25, 0.3) is 0 Å². The molecular weight excluding hydrogens is 435 g/mol. The number of anilines is 1. The van der Waals surface area contributed by atoms with Crippen LogP contribution in [0.25, 0.3) is 11.5 Å². The van der Waals surface area contributed by atoms with Crippen molar-refractivity contribution in [3.05, 3.63) is 66.1 Å². The Morgan fingerprint density at radius 1 is 1.00 bits per heavy atom. The van der Waals surface area contributed by atoms with E-state index >= 15 is 0 Å². The zero-order valence-electron chi connectivity index (χ0n) is 18.1. The molecule has 4 rings (SSSR count). The first kappa shape index (κ1) is 22.8. The number of hydrogen-bond acceptors (Lipinski definition) is 5. The molecule has 1 aromatic heterocycles. The van der Waals surface area contributed by atoms with Crippen LogP contribution in [0.4, 0.5) is 23.7 Å². The molecule has 0 bridgehead atoms. The van der Waals surface area contributed by atoms with Crippen molar-refractivity contribution in [3.8, 4) is 11.5 Å². The van der Waals surface area contributed by atoms with Gasteiger partial charge in [-0.2, -0.15) is 13.2 Å². The molecular formula is C23H24F3N5O2. The molecule has 174 valence electrons. The molecule has 7 nitrogen and oxygen atoms in total. The molecule has 0 radical (unpaired) electrons. The standard InChI is InChI=1S/C23H24F3N5O2/c1-29-12-5-13-30(15-14-29)22(32)31(19-6-3-2-4-7-19)16-17-8-10-18(11-9-17)20-27-28-21(33-20)23(24,25)26/h2-4,6-11H,5,12-16H2,1H3. The van der Waals surface area contributed by atoms with Crippen LogP contribution in [0, 0.1) is 0 Å². The van der Waals surface area contributed by atoms with Crippen LogP contribution in [0.3, 0.4) is 0 Å². The molecule has 2 aromatic carbocycles. The second-order valence-corrected chi connectivity index (χ2v) is 7.96. The Kier molecular flexibility index (Phi) is 6.64. The summed E-state index contributed by atoms with van der Waals surface area (Å²) in [6.07, 6.45) is -3.78. The lowest BCUT2D eigenvalue weighted by Gasteiger charge is -2.30. The summed E-state index contributed by atoms with van der Waals surface area (Å²) in [7, 11) is 2.05. The number of nitrogens with zero attached hydrogens (tertiary/aromatic N) is 5. The van der Waals surface area contributed by atoms with E-state index < -0.39 is 12.1 Å². The first-order valence-electron chi connectivity index (χ1n) is 10.6. The lowest BCUT2D eigenvalue weighted by molar-refractivity contribution is -0.156. The Morgan fingerprint density at radius 2 is 1.73 bits per heavy atom. The van der Waals surface area contributed by atoms with Crippen molar-refractivity contribution in [1.29, 1.82) is 0 Å². The highest BCUT2D eigenvalue weighted by atomic mass is 19.4. The summed E-state index contributed by atoms with van der Waals surface area (Å²) in [6, 6.07) is 16.0. The third kappa shape index (κ3) is 5.51. The molecule has 0 N–H and O–H groups in total. The molecule has 2 heterocycles. The smallest absolute Gasteiger partial charge is 0.413 e. The maximum absolute atomic E-state index is 13.4. The van der Waals surface area contributed by atoms with E-state index in [0.29, 0.717) is 25.2 Å². The molecule has 0 unspecified atom stereocenters. The van der Waals surface area contributed by atoms with Gasteiger partial charge in [-0.3, -0.25) is 4.90 Å². The monoisotopic (exact) mass is 459 g/mol. The number of halogens is 3. The largest absolute Gasteiger partial charge is 0.470 e. The number of alkyl halides is 3. The number of hydrogen-bond donors (Lipinski definition) is 0. The van der Waals surface area contributed by atoms with Crippen molar-refractivity contribution in [3.63, 3.8) is 0 Å². The quantitative estimate of drug-likeness (QED) is 0.574. The molecule has 1 aliphatic heterocycles. The third-order valence-electron chi connectivity index (χ3n) is 5.50. The SMILES string of the molecule is CN1CCCN(C(=O)N(Cc2ccc(-c3nnc(C(F)(F)F)o3)cc2)c2ccccc2)CC1. The predicted molar refractivity (Wildman–Crippen MR) is 116 cm³/mol. The highest BCUT2D eigenvalue weighted by Crippen LogP contribution is 2.30. The lowest BCUT2D eigenvalue weighted by Crippen LogP contribution is -2.44. The van der Waals surface area contributed by atoms with Crippen molar-refractivity contribution in [2.24, 2.45) is 0 Å². The Bertz CT molecular complexity index is 1070. The van der Waals surface area contributed by atoms with Crippen molar-refractivity contribution in [1.82, 2.24) is 20.0 Å². The first-order valence-corrected chi connectivity index (χ1v) is 10.6. The summed E-state index contributed by atoms with van der Waals surface area (Å²) in [5.41, 5.74) is 1.96. The van der Waals surface area contributed by atoms with Gasteiger partial charge in [0.05, 0.1) is 6.54 Å². The van der Waals surface area contributed by atoms with Gasteiger partial charge >= 0.3 is 18.1 Å². The summed E-state index contributed by atoms with van der Waals surface area (Å²) >= 11 is 0. The minimum atomic E-state index is -4.69. The predicted octanol–water partition coefficient (Wildman–Crippen LogP) is 4.52. The molecule has 33 heavy (non-hydrogen) atoms. The van der Waals surface area contributed by atoms with Crippen LogP contribution < -0.4 is 4.90 Å². The number of amides is 2. The van der Waals surface area contributed by atoms with E-state index in [-0.39, 0.29) is 11.9 Å². The Morgan fingerprint density at radius 3 is 2.39 bits per heavy atom. The average Bonchev–Trinajstić information content (AvgIpc) is 3.22. The lowest BCUT2D eigenvalue weighted by atomic mass is 10.1. The van der Waals surface area contributed by atoms with Gasteiger partial charge in [-0.15, -0.1) is 10.2 Å². The normalized spacial score (nSPS) is 15.3. The van der Waals surface area contributed by atoms with Crippen LogP contribution in [0.15, 0.2) is 59.0 Å². The summed E-state index contributed by atoms with van der Waals surface area (Å²) in [5, 5.41) is 6.54. The Balaban J connectivity index is 1.54. The molecule has 0 atom stereocenters. The topological polar surface area (TPSA) is 65.7 Å². The second kappa shape index (κ2) is 9.62. The van der Waals surface area contributed by atoms with Crippen molar-refractivity contribution in [2.45, 2.75) is 19.1 Å². The van der Waals surface area contributed by atoms with E-state index in [0.717, 1.165) is 30.8 Å². The molecule has 10 heteroatoms. The molecule has 0 spiro atoms. The van der Waals surface area contributed by atoms with E-state index in [1.807, 2.05) is 42.3 Å². The number of urea groups is 1. The molecule has 1 aliphatic rings. The zero-order valence-corrected chi connectivity index (χ0v) is 18.1. The number of aromatic nitrogens is 2. The first-order chi connectivity index (χ1) is 15.8. The van der Waals surface area contributed by atoms with Crippen LogP contribution in [-0.4, -0.2) is 59.3 Å². The van der Waals surface area contributed by atoms with E-state index in [2.05, 4.69) is 15.1 Å². The van der Waals surface area contributed by atoms with Gasteiger partial charge in [0.15, 0.2) is 0 Å². The fourth-order valence-corrected chi connectivity index (χ4v) is 3.68. The zero-order chi connectivity index (χ0) is 23.4. The van der Waals surface area contributed by atoms with Crippen molar-refractivity contribution < 1.29 is 22.4 Å². The van der Waals surface area contributed by atoms with Gasteiger partial charge in [0.1, 0.15) is 0 Å². The number of likely N-dealkylation sites (N-methyl/N-ethyl adjacent to an activating group) is 1. The van der Waals surface area contributed by atoms with Gasteiger partial charge in [0.2, 0.25) is 5.89 Å². The Labute approximate surface area is 189 Å². The average molecular weight is 459 g/mol. The number of carbonyl (C=O) groups is 1. The number of rotatable bonds is 4. The van der Waals surface area contributed by atoms with Crippen molar-refractivity contribution >= 4 is 11.7 Å². The Hall–Kier alpha value is -3.40. The number of para-hydroxylation sites is 1. The molecule has 1 saturated heterocycles. The molecule has 1 fully saturated rings. The molecule has 0 saturated carbocycles. The maximum atomic E-state index is 13.4. The minimum Gasteiger partial charge on any atom is -0.413 e. The fourth-order valence-electron chi connectivity index (χ4n) is 3.68. The molecule has 0 aliphatic carbocycles. The highest BCUT2D eigenvalue weighted by molar-refractivity contribution is 5.92. The van der Waals surface area contributed by atoms with E-state index in [1.165, 1.54) is 0 Å². The van der Waals surface area contributed by atoms with Crippen LogP contribution in [-0.2, 0) is 12.7 Å². The van der Waals surface area contributed by atoms with E-state index in [1.54, 1.807) is 29.2 Å². The third-order valence-corrected chi connectivity index (χ3v) is 5.50. The number of carbonyl (C=O) groups excluding carboxylic acids is 1. The van der Waals surface area contributed by atoms with Crippen LogP contribution in [0.1, 0.15) is 17.9 Å². The highest BCUT2D eigenvalue weighted by Gasteiger charge is 2.38. The maximum Gasteiger partial charge on any atom is 0.470 e. The summed E-state index contributed by atoms with van der Waals surface area (Å²) in [5.74, 6) is -1.59. The van der Waals surface area contributed by atoms with E-state index in [9.17, 15) is 18.0 Å². The van der Waals surface area contributed by atoms with Crippen molar-refractivity contribution in [2.75, 3.05) is 38.1 Å². The van der Waals surface area contributed by atoms with Gasteiger partial charge in [-0.05, 0) is 49.8 Å². The second-order valence-electron chi connectivity index (χ2n) is 7.96. The minimum absolute atomic E-state index is 0.0766. The molecule has 2 amide bonds. The van der Waals surface area contributed by atoms with Gasteiger partial charge in [-0.1, -0.05) is 30.3 Å². The summed E-state index contributed by atoms with van der Waals surface area (Å²) in [6.45, 7) is 3.41.